The molecule has 96 valence electrons. The highest BCUT2D eigenvalue weighted by Crippen LogP contribution is 2.42. The maximum atomic E-state index is 10.1. The molecule has 0 aromatic heterocycles. The van der Waals surface area contributed by atoms with Crippen LogP contribution in [0.4, 0.5) is 0 Å². The molecule has 0 bridgehead atoms. The van der Waals surface area contributed by atoms with Crippen molar-refractivity contribution < 1.29 is 9.84 Å². The molecular formula is C16H15NO2. The first-order valence-electron chi connectivity index (χ1n) is 6.01. The normalized spacial score (nSPS) is 10.8. The van der Waals surface area contributed by atoms with E-state index in [1.54, 1.807) is 24.5 Å². The summed E-state index contributed by atoms with van der Waals surface area (Å²) in [5.74, 6) is 0.512. The average Bonchev–Trinajstić information content (AvgIpc) is 2.40. The van der Waals surface area contributed by atoms with Gasteiger partial charge in [-0.25, -0.2) is 0 Å². The van der Waals surface area contributed by atoms with E-state index < -0.39 is 5.41 Å². The fourth-order valence-electron chi connectivity index (χ4n) is 2.28. The fourth-order valence-corrected chi connectivity index (χ4v) is 2.28. The summed E-state index contributed by atoms with van der Waals surface area (Å²) in [7, 11) is 0. The number of benzene rings is 2. The Morgan fingerprint density at radius 3 is 2.37 bits per heavy atom. The summed E-state index contributed by atoms with van der Waals surface area (Å²) in [6.07, 6.45) is 1.66. The van der Waals surface area contributed by atoms with Crippen LogP contribution in [0.1, 0.15) is 25.0 Å². The molecule has 0 atom stereocenters. The van der Waals surface area contributed by atoms with Crippen molar-refractivity contribution in [2.24, 2.45) is 0 Å². The van der Waals surface area contributed by atoms with Crippen molar-refractivity contribution in [2.75, 3.05) is 0 Å². The molecule has 0 radical (unpaired) electrons. The number of nitrogens with zero attached hydrogens (tertiary/aromatic N) is 1. The number of aromatic hydroxyl groups is 1. The molecule has 0 aliphatic carbocycles. The number of phenolic OH excluding ortho intramolecular Hbond substituents is 1. The molecule has 0 saturated carbocycles. The number of hydrogen-bond donors (Lipinski definition) is 1. The average molecular weight is 253 g/mol. The predicted molar refractivity (Wildman–Crippen MR) is 72.9 cm³/mol. The van der Waals surface area contributed by atoms with Gasteiger partial charge in [-0.2, -0.15) is 0 Å². The van der Waals surface area contributed by atoms with E-state index in [2.05, 4.69) is 0 Å². The first-order valence-corrected chi connectivity index (χ1v) is 6.01. The molecule has 0 aliphatic heterocycles. The minimum Gasteiger partial charge on any atom is -0.507 e. The highest BCUT2D eigenvalue weighted by atomic mass is 16.5. The van der Waals surface area contributed by atoms with E-state index >= 15 is 0 Å². The van der Waals surface area contributed by atoms with E-state index in [1.807, 2.05) is 44.2 Å². The van der Waals surface area contributed by atoms with Crippen LogP contribution in [-0.4, -0.2) is 5.11 Å². The summed E-state index contributed by atoms with van der Waals surface area (Å²) in [4.78, 5) is 0. The van der Waals surface area contributed by atoms with E-state index in [0.717, 1.165) is 5.56 Å². The van der Waals surface area contributed by atoms with Crippen LogP contribution >= 0.6 is 0 Å². The summed E-state index contributed by atoms with van der Waals surface area (Å²) >= 11 is 0. The van der Waals surface area contributed by atoms with Gasteiger partial charge in [-0.15, -0.1) is 5.26 Å². The zero-order valence-electron chi connectivity index (χ0n) is 10.9. The number of phenols is 1. The molecule has 1 N–H and O–H groups in total. The smallest absolute Gasteiger partial charge is 0.292 e. The van der Waals surface area contributed by atoms with E-state index in [1.165, 1.54) is 0 Å². The van der Waals surface area contributed by atoms with Gasteiger partial charge in [0.25, 0.3) is 6.26 Å². The summed E-state index contributed by atoms with van der Waals surface area (Å²) in [5, 5.41) is 18.8. The van der Waals surface area contributed by atoms with E-state index in [0.29, 0.717) is 11.3 Å². The quantitative estimate of drug-likeness (QED) is 0.851. The molecule has 0 unspecified atom stereocenters. The van der Waals surface area contributed by atoms with Gasteiger partial charge in [0.15, 0.2) is 0 Å². The van der Waals surface area contributed by atoms with Crippen molar-refractivity contribution in [2.45, 2.75) is 19.3 Å². The molecule has 0 spiro atoms. The highest BCUT2D eigenvalue weighted by Gasteiger charge is 2.29. The Balaban J connectivity index is 2.61. The summed E-state index contributed by atoms with van der Waals surface area (Å²) < 4.78 is 4.97. The van der Waals surface area contributed by atoms with Gasteiger partial charge < -0.3 is 9.84 Å². The molecule has 3 nitrogen and oxygen atoms in total. The van der Waals surface area contributed by atoms with Gasteiger partial charge in [0, 0.05) is 11.0 Å². The van der Waals surface area contributed by atoms with Crippen LogP contribution in [0.25, 0.3) is 0 Å². The summed E-state index contributed by atoms with van der Waals surface area (Å²) in [6.45, 7) is 3.98. The molecule has 2 aromatic rings. The number of rotatable bonds is 3. The predicted octanol–water partition coefficient (Wildman–Crippen LogP) is 3.58. The second-order valence-corrected chi connectivity index (χ2v) is 4.83. The van der Waals surface area contributed by atoms with Gasteiger partial charge in [0.05, 0.1) is 0 Å². The lowest BCUT2D eigenvalue weighted by Crippen LogP contribution is -2.20. The van der Waals surface area contributed by atoms with Crippen molar-refractivity contribution >= 4 is 0 Å². The van der Waals surface area contributed by atoms with Crippen LogP contribution < -0.4 is 4.74 Å². The third kappa shape index (κ3) is 2.38. The lowest BCUT2D eigenvalue weighted by molar-refractivity contribution is 0.430. The van der Waals surface area contributed by atoms with E-state index in [-0.39, 0.29) is 5.75 Å². The third-order valence-corrected chi connectivity index (χ3v) is 3.28. The molecule has 19 heavy (non-hydrogen) atoms. The standard InChI is InChI=1S/C16H15NO2/c1-16(2,12-7-4-3-5-8-12)15-13(18)9-6-10-14(15)19-11-17/h3-10,18H,1-2H3. The Labute approximate surface area is 112 Å². The zero-order valence-corrected chi connectivity index (χ0v) is 10.9. The van der Waals surface area contributed by atoms with Gasteiger partial charge in [0.2, 0.25) is 0 Å². The van der Waals surface area contributed by atoms with Crippen LogP contribution in [0.5, 0.6) is 11.5 Å². The summed E-state index contributed by atoms with van der Waals surface area (Å²) in [6, 6.07) is 14.8. The number of hydrogen-bond acceptors (Lipinski definition) is 3. The molecule has 0 saturated heterocycles. The second kappa shape index (κ2) is 5.03. The Morgan fingerprint density at radius 2 is 1.74 bits per heavy atom. The maximum Gasteiger partial charge on any atom is 0.292 e. The van der Waals surface area contributed by atoms with Gasteiger partial charge in [0.1, 0.15) is 11.5 Å². The van der Waals surface area contributed by atoms with Crippen LogP contribution in [0.2, 0.25) is 0 Å². The Kier molecular flexibility index (Phi) is 3.43. The van der Waals surface area contributed by atoms with Gasteiger partial charge in [-0.1, -0.05) is 50.2 Å². The first kappa shape index (κ1) is 13.0. The number of nitriles is 1. The topological polar surface area (TPSA) is 53.2 Å². The lowest BCUT2D eigenvalue weighted by Gasteiger charge is -2.28. The van der Waals surface area contributed by atoms with Crippen molar-refractivity contribution in [1.29, 1.82) is 5.26 Å². The minimum absolute atomic E-state index is 0.126. The van der Waals surface area contributed by atoms with Crippen molar-refractivity contribution in [3.63, 3.8) is 0 Å². The van der Waals surface area contributed by atoms with Crippen molar-refractivity contribution in [3.8, 4) is 17.8 Å². The highest BCUT2D eigenvalue weighted by molar-refractivity contribution is 5.53. The first-order chi connectivity index (χ1) is 9.07. The fraction of sp³-hybridized carbons (Fsp3) is 0.188. The van der Waals surface area contributed by atoms with Gasteiger partial charge in [-0.05, 0) is 17.7 Å². The molecule has 0 amide bonds. The van der Waals surface area contributed by atoms with Crippen LogP contribution in [0, 0.1) is 11.5 Å². The molecule has 2 rings (SSSR count). The summed E-state index contributed by atoms with van der Waals surface area (Å²) in [5.41, 5.74) is 1.20. The Hall–Kier alpha value is -2.47. The Bertz CT molecular complexity index is 612. The SMILES string of the molecule is CC(C)(c1ccccc1)c1c(O)cccc1OC#N. The van der Waals surface area contributed by atoms with Crippen molar-refractivity contribution in [3.05, 3.63) is 59.7 Å². The van der Waals surface area contributed by atoms with Crippen LogP contribution in [0.3, 0.4) is 0 Å². The van der Waals surface area contributed by atoms with Gasteiger partial charge in [-0.3, -0.25) is 0 Å². The molecular weight excluding hydrogens is 238 g/mol. The lowest BCUT2D eigenvalue weighted by atomic mass is 9.77. The van der Waals surface area contributed by atoms with Crippen LogP contribution in [-0.2, 0) is 5.41 Å². The number of ether oxygens (including phenoxy) is 1. The third-order valence-electron chi connectivity index (χ3n) is 3.28. The van der Waals surface area contributed by atoms with E-state index in [4.69, 9.17) is 10.00 Å². The molecule has 0 heterocycles. The molecule has 3 heteroatoms. The van der Waals surface area contributed by atoms with Crippen LogP contribution in [0.15, 0.2) is 48.5 Å². The monoisotopic (exact) mass is 253 g/mol. The molecule has 0 fully saturated rings. The minimum atomic E-state index is -0.460. The van der Waals surface area contributed by atoms with Crippen molar-refractivity contribution in [1.82, 2.24) is 0 Å². The molecule has 2 aromatic carbocycles. The zero-order chi connectivity index (χ0) is 13.9. The molecule has 0 aliphatic rings. The largest absolute Gasteiger partial charge is 0.507 e. The van der Waals surface area contributed by atoms with E-state index in [9.17, 15) is 5.11 Å². The van der Waals surface area contributed by atoms with Gasteiger partial charge >= 0.3 is 0 Å². The Morgan fingerprint density at radius 1 is 1.05 bits per heavy atom. The second-order valence-electron chi connectivity index (χ2n) is 4.83. The maximum absolute atomic E-state index is 10.1.